The van der Waals surface area contributed by atoms with Crippen molar-refractivity contribution in [3.8, 4) is 0 Å². The van der Waals surface area contributed by atoms with Crippen LogP contribution in [0, 0.1) is 0 Å². The van der Waals surface area contributed by atoms with Gasteiger partial charge in [-0.1, -0.05) is 53.2 Å². The molecule has 0 radical (unpaired) electrons. The van der Waals surface area contributed by atoms with E-state index in [2.05, 4.69) is 10.5 Å². The van der Waals surface area contributed by atoms with Crippen molar-refractivity contribution in [2.24, 2.45) is 5.16 Å². The number of nitrogens with one attached hydrogen (secondary N) is 1. The Hall–Kier alpha value is -2.19. The van der Waals surface area contributed by atoms with E-state index in [9.17, 15) is 18.0 Å². The Morgan fingerprint density at radius 3 is 2.62 bits per heavy atom. The van der Waals surface area contributed by atoms with Crippen LogP contribution < -0.4 is 5.32 Å². The first kappa shape index (κ1) is 21.5. The second-order valence-corrected chi connectivity index (χ2v) is 7.85. The number of nitrogens with zero attached hydrogens (tertiary/aromatic N) is 1. The van der Waals surface area contributed by atoms with Crippen LogP contribution in [0.5, 0.6) is 0 Å². The van der Waals surface area contributed by atoms with Crippen LogP contribution in [0.4, 0.5) is 13.2 Å². The number of oxime groups is 1. The fourth-order valence-corrected chi connectivity index (χ4v) is 3.55. The maximum atomic E-state index is 13.9. The van der Waals surface area contributed by atoms with Gasteiger partial charge in [-0.05, 0) is 29.5 Å². The highest BCUT2D eigenvalue weighted by molar-refractivity contribution is 7.99. The first-order valence-corrected chi connectivity index (χ1v) is 10.4. The standard InChI is InChI=1S/C20H18ClF3N2O2S/c1-29-12-18(27)25-11-13-5-7-14(8-6-13)17-10-19(28-26-17,20(22,23)24)15-3-2-4-16(21)9-15/h2-9H,10-12H2,1H3,(H,25,27). The number of carbonyl (C=O) groups excluding carboxylic acids is 1. The fourth-order valence-electron chi connectivity index (χ4n) is 3.00. The molecule has 2 aromatic carbocycles. The molecule has 0 fully saturated rings. The number of halogens is 4. The summed E-state index contributed by atoms with van der Waals surface area (Å²) < 4.78 is 41.8. The Morgan fingerprint density at radius 2 is 2.00 bits per heavy atom. The Morgan fingerprint density at radius 1 is 1.28 bits per heavy atom. The van der Waals surface area contributed by atoms with Gasteiger partial charge in [-0.3, -0.25) is 4.79 Å². The molecule has 1 unspecified atom stereocenters. The van der Waals surface area contributed by atoms with Crippen LogP contribution in [-0.4, -0.2) is 29.8 Å². The molecule has 0 bridgehead atoms. The molecule has 0 aliphatic carbocycles. The predicted octanol–water partition coefficient (Wildman–Crippen LogP) is 4.90. The molecule has 1 heterocycles. The molecule has 1 amide bonds. The molecule has 1 aliphatic heterocycles. The van der Waals surface area contributed by atoms with Gasteiger partial charge < -0.3 is 10.2 Å². The third-order valence-electron chi connectivity index (χ3n) is 4.53. The molecule has 154 valence electrons. The number of benzene rings is 2. The summed E-state index contributed by atoms with van der Waals surface area (Å²) >= 11 is 7.31. The van der Waals surface area contributed by atoms with Gasteiger partial charge in [0.05, 0.1) is 11.5 Å². The number of hydrogen-bond acceptors (Lipinski definition) is 4. The third kappa shape index (κ3) is 4.70. The molecule has 1 aliphatic rings. The minimum absolute atomic E-state index is 0.0772. The number of alkyl halides is 3. The summed E-state index contributed by atoms with van der Waals surface area (Å²) in [7, 11) is 0. The van der Waals surface area contributed by atoms with Gasteiger partial charge in [0.25, 0.3) is 5.60 Å². The summed E-state index contributed by atoms with van der Waals surface area (Å²) in [6.45, 7) is 0.345. The lowest BCUT2D eigenvalue weighted by molar-refractivity contribution is -0.275. The largest absolute Gasteiger partial charge is 0.435 e. The maximum absolute atomic E-state index is 13.9. The molecule has 1 atom stereocenters. The number of hydrogen-bond donors (Lipinski definition) is 1. The van der Waals surface area contributed by atoms with Crippen molar-refractivity contribution >= 4 is 35.0 Å². The van der Waals surface area contributed by atoms with E-state index < -0.39 is 18.2 Å². The predicted molar refractivity (Wildman–Crippen MR) is 108 cm³/mol. The highest BCUT2D eigenvalue weighted by Crippen LogP contribution is 2.49. The molecule has 4 nitrogen and oxygen atoms in total. The lowest BCUT2D eigenvalue weighted by Crippen LogP contribution is -2.42. The molecule has 9 heteroatoms. The van der Waals surface area contributed by atoms with Gasteiger partial charge in [-0.2, -0.15) is 24.9 Å². The lowest BCUT2D eigenvalue weighted by atomic mass is 9.86. The molecular formula is C20H18ClF3N2O2S. The maximum Gasteiger partial charge on any atom is 0.435 e. The topological polar surface area (TPSA) is 50.7 Å². The van der Waals surface area contributed by atoms with Crippen molar-refractivity contribution in [1.29, 1.82) is 0 Å². The monoisotopic (exact) mass is 442 g/mol. The average Bonchev–Trinajstić information content (AvgIpc) is 3.14. The van der Waals surface area contributed by atoms with Crippen molar-refractivity contribution in [2.45, 2.75) is 24.7 Å². The van der Waals surface area contributed by atoms with Gasteiger partial charge in [0, 0.05) is 23.6 Å². The summed E-state index contributed by atoms with van der Waals surface area (Å²) in [4.78, 5) is 16.5. The van der Waals surface area contributed by atoms with E-state index in [4.69, 9.17) is 16.4 Å². The quantitative estimate of drug-likeness (QED) is 0.692. The van der Waals surface area contributed by atoms with E-state index in [1.165, 1.54) is 36.0 Å². The Labute approximate surface area is 175 Å². The van der Waals surface area contributed by atoms with Crippen molar-refractivity contribution in [2.75, 3.05) is 12.0 Å². The molecule has 29 heavy (non-hydrogen) atoms. The van der Waals surface area contributed by atoms with Crippen molar-refractivity contribution in [3.63, 3.8) is 0 Å². The van der Waals surface area contributed by atoms with Crippen molar-refractivity contribution in [1.82, 2.24) is 5.32 Å². The average molecular weight is 443 g/mol. The van der Waals surface area contributed by atoms with Gasteiger partial charge in [0.15, 0.2) is 0 Å². The van der Waals surface area contributed by atoms with Crippen LogP contribution in [0.3, 0.4) is 0 Å². The number of amides is 1. The minimum atomic E-state index is -4.68. The summed E-state index contributed by atoms with van der Waals surface area (Å²) in [6.07, 6.45) is -3.30. The smallest absolute Gasteiger partial charge is 0.374 e. The second kappa shape index (κ2) is 8.67. The van der Waals surface area contributed by atoms with Crippen LogP contribution in [0.15, 0.2) is 53.7 Å². The van der Waals surface area contributed by atoms with E-state index in [1.807, 2.05) is 6.26 Å². The molecule has 0 spiro atoms. The number of rotatable bonds is 6. The van der Waals surface area contributed by atoms with E-state index in [1.54, 1.807) is 24.3 Å². The van der Waals surface area contributed by atoms with Gasteiger partial charge >= 0.3 is 6.18 Å². The Kier molecular flexibility index (Phi) is 6.43. The second-order valence-electron chi connectivity index (χ2n) is 6.55. The molecule has 0 saturated carbocycles. The van der Waals surface area contributed by atoms with Crippen LogP contribution in [0.25, 0.3) is 0 Å². The summed E-state index contributed by atoms with van der Waals surface area (Å²) in [5, 5.41) is 6.70. The Balaban J connectivity index is 1.77. The van der Waals surface area contributed by atoms with Crippen LogP contribution >= 0.6 is 23.4 Å². The van der Waals surface area contributed by atoms with Crippen molar-refractivity contribution in [3.05, 3.63) is 70.2 Å². The number of thioether (sulfide) groups is 1. The SMILES string of the molecule is CSCC(=O)NCc1ccc(C2=NOC(c3cccc(Cl)c3)(C(F)(F)F)C2)cc1. The molecular weight excluding hydrogens is 425 g/mol. The van der Waals surface area contributed by atoms with E-state index in [-0.39, 0.29) is 22.2 Å². The van der Waals surface area contributed by atoms with E-state index in [0.717, 1.165) is 5.56 Å². The molecule has 0 aromatic heterocycles. The summed E-state index contributed by atoms with van der Waals surface area (Å²) in [6, 6.07) is 12.3. The molecule has 3 rings (SSSR count). The zero-order chi connectivity index (χ0) is 21.1. The van der Waals surface area contributed by atoms with Gasteiger partial charge in [-0.15, -0.1) is 0 Å². The molecule has 1 N–H and O–H groups in total. The van der Waals surface area contributed by atoms with Gasteiger partial charge in [0.2, 0.25) is 5.91 Å². The third-order valence-corrected chi connectivity index (χ3v) is 5.32. The summed E-state index contributed by atoms with van der Waals surface area (Å²) in [5.74, 6) is 0.293. The van der Waals surface area contributed by atoms with E-state index in [0.29, 0.717) is 17.9 Å². The first-order valence-electron chi connectivity index (χ1n) is 8.68. The molecule has 0 saturated heterocycles. The highest BCUT2D eigenvalue weighted by atomic mass is 35.5. The number of carbonyl (C=O) groups is 1. The minimum Gasteiger partial charge on any atom is -0.374 e. The van der Waals surface area contributed by atoms with Crippen LogP contribution in [0.2, 0.25) is 5.02 Å². The van der Waals surface area contributed by atoms with Gasteiger partial charge in [-0.25, -0.2) is 0 Å². The first-order chi connectivity index (χ1) is 13.7. The highest BCUT2D eigenvalue weighted by Gasteiger charge is 2.62. The molecule has 2 aromatic rings. The van der Waals surface area contributed by atoms with Gasteiger partial charge in [0.1, 0.15) is 0 Å². The normalized spacial score (nSPS) is 18.9. The summed E-state index contributed by atoms with van der Waals surface area (Å²) in [5.41, 5.74) is -1.11. The zero-order valence-electron chi connectivity index (χ0n) is 15.4. The van der Waals surface area contributed by atoms with Crippen LogP contribution in [0.1, 0.15) is 23.1 Å². The van der Waals surface area contributed by atoms with Crippen LogP contribution in [-0.2, 0) is 21.8 Å². The fraction of sp³-hybridized carbons (Fsp3) is 0.300. The van der Waals surface area contributed by atoms with E-state index >= 15 is 0 Å². The zero-order valence-corrected chi connectivity index (χ0v) is 17.0. The lowest BCUT2D eigenvalue weighted by Gasteiger charge is -2.29. The van der Waals surface area contributed by atoms with Crippen molar-refractivity contribution < 1.29 is 22.8 Å². The Bertz CT molecular complexity index is 919.